The average molecular weight is 422 g/mol. The molecule has 0 aliphatic rings. The van der Waals surface area contributed by atoms with Crippen LogP contribution in [0.2, 0.25) is 5.02 Å². The summed E-state index contributed by atoms with van der Waals surface area (Å²) in [7, 11) is 0. The van der Waals surface area contributed by atoms with Crippen molar-refractivity contribution in [2.75, 3.05) is 11.9 Å². The monoisotopic (exact) mass is 421 g/mol. The molecule has 8 heteroatoms. The second kappa shape index (κ2) is 8.12. The summed E-state index contributed by atoms with van der Waals surface area (Å²) in [5.41, 5.74) is 4.44. The van der Waals surface area contributed by atoms with E-state index in [1.165, 1.54) is 0 Å². The van der Waals surface area contributed by atoms with Gasteiger partial charge in [-0.1, -0.05) is 11.6 Å². The number of aromatic nitrogens is 4. The number of ether oxygens (including phenoxy) is 1. The first kappa shape index (κ1) is 19.8. The van der Waals surface area contributed by atoms with Gasteiger partial charge in [-0.15, -0.1) is 0 Å². The van der Waals surface area contributed by atoms with Gasteiger partial charge in [-0.25, -0.2) is 19.4 Å². The number of benzene rings is 2. The maximum atomic E-state index is 11.9. The Balaban J connectivity index is 1.77. The Hall–Kier alpha value is -3.45. The summed E-state index contributed by atoms with van der Waals surface area (Å²) in [6.07, 6.45) is 0. The molecule has 30 heavy (non-hydrogen) atoms. The smallest absolute Gasteiger partial charge is 0.338 e. The van der Waals surface area contributed by atoms with Crippen molar-refractivity contribution >= 4 is 40.1 Å². The van der Waals surface area contributed by atoms with Gasteiger partial charge in [0, 0.05) is 16.4 Å². The fourth-order valence-electron chi connectivity index (χ4n) is 3.13. The molecule has 4 aromatic rings. The van der Waals surface area contributed by atoms with E-state index < -0.39 is 0 Å². The third-order valence-electron chi connectivity index (χ3n) is 4.48. The molecule has 0 spiro atoms. The Morgan fingerprint density at radius 1 is 1.07 bits per heavy atom. The van der Waals surface area contributed by atoms with Crippen molar-refractivity contribution in [3.63, 3.8) is 0 Å². The summed E-state index contributed by atoms with van der Waals surface area (Å²) in [6.45, 7) is 6.00. The van der Waals surface area contributed by atoms with Crippen LogP contribution >= 0.6 is 11.6 Å². The second-order valence-corrected chi connectivity index (χ2v) is 7.23. The fraction of sp³-hybridized carbons (Fsp3) is 0.182. The van der Waals surface area contributed by atoms with Crippen molar-refractivity contribution in [1.29, 1.82) is 0 Å². The third-order valence-corrected chi connectivity index (χ3v) is 4.71. The highest BCUT2D eigenvalue weighted by Gasteiger charge is 2.15. The standard InChI is InChI=1S/C22H20ClN5O2/c1-4-30-22(29)15-5-8-17(9-6-15)24-20-21(28-14(3)11-13(2)27-28)26-19-12-16(23)7-10-18(19)25-20/h5-12H,4H2,1-3H3,(H,24,25). The molecule has 0 saturated heterocycles. The maximum absolute atomic E-state index is 11.9. The highest BCUT2D eigenvalue weighted by molar-refractivity contribution is 6.31. The fourth-order valence-corrected chi connectivity index (χ4v) is 3.30. The van der Waals surface area contributed by atoms with Crippen LogP contribution in [0.25, 0.3) is 16.9 Å². The number of carbonyl (C=O) groups excluding carboxylic acids is 1. The van der Waals surface area contributed by atoms with E-state index in [4.69, 9.17) is 26.3 Å². The molecule has 4 rings (SSSR count). The molecule has 0 saturated carbocycles. The SMILES string of the molecule is CCOC(=O)c1ccc(Nc2nc3ccc(Cl)cc3nc2-n2nc(C)cc2C)cc1. The minimum Gasteiger partial charge on any atom is -0.462 e. The number of fused-ring (bicyclic) bond motifs is 1. The quantitative estimate of drug-likeness (QED) is 0.456. The van der Waals surface area contributed by atoms with E-state index in [0.29, 0.717) is 39.9 Å². The van der Waals surface area contributed by atoms with Gasteiger partial charge >= 0.3 is 5.97 Å². The number of aryl methyl sites for hydroxylation is 2. The molecule has 152 valence electrons. The number of nitrogens with zero attached hydrogens (tertiary/aromatic N) is 4. The molecule has 0 unspecified atom stereocenters. The van der Waals surface area contributed by atoms with Gasteiger partial charge in [-0.3, -0.25) is 0 Å². The topological polar surface area (TPSA) is 81.9 Å². The molecule has 0 amide bonds. The molecule has 0 bridgehead atoms. The summed E-state index contributed by atoms with van der Waals surface area (Å²) in [5, 5.41) is 8.43. The molecule has 0 fully saturated rings. The molecule has 2 heterocycles. The number of nitrogens with one attached hydrogen (secondary N) is 1. The summed E-state index contributed by atoms with van der Waals surface area (Å²) in [5.74, 6) is 0.750. The number of carbonyl (C=O) groups is 1. The van der Waals surface area contributed by atoms with Crippen LogP contribution in [0.15, 0.2) is 48.5 Å². The largest absolute Gasteiger partial charge is 0.462 e. The van der Waals surface area contributed by atoms with Gasteiger partial charge < -0.3 is 10.1 Å². The van der Waals surface area contributed by atoms with Crippen LogP contribution < -0.4 is 5.32 Å². The molecular weight excluding hydrogens is 402 g/mol. The van der Waals surface area contributed by atoms with E-state index in [9.17, 15) is 4.79 Å². The van der Waals surface area contributed by atoms with Crippen LogP contribution in [0, 0.1) is 13.8 Å². The minimum absolute atomic E-state index is 0.335. The first-order valence-electron chi connectivity index (χ1n) is 9.50. The van der Waals surface area contributed by atoms with E-state index in [0.717, 1.165) is 17.1 Å². The molecule has 2 aromatic carbocycles. The van der Waals surface area contributed by atoms with E-state index in [2.05, 4.69) is 10.4 Å². The lowest BCUT2D eigenvalue weighted by Gasteiger charge is -2.13. The minimum atomic E-state index is -0.352. The molecule has 1 N–H and O–H groups in total. The van der Waals surface area contributed by atoms with Crippen LogP contribution in [0.3, 0.4) is 0 Å². The van der Waals surface area contributed by atoms with Crippen molar-refractivity contribution in [2.45, 2.75) is 20.8 Å². The van der Waals surface area contributed by atoms with Crippen molar-refractivity contribution in [3.05, 3.63) is 70.5 Å². The molecule has 0 aliphatic carbocycles. The molecular formula is C22H20ClN5O2. The average Bonchev–Trinajstić information content (AvgIpc) is 3.06. The highest BCUT2D eigenvalue weighted by Crippen LogP contribution is 2.26. The Kier molecular flexibility index (Phi) is 5.37. The lowest BCUT2D eigenvalue weighted by Crippen LogP contribution is -2.09. The maximum Gasteiger partial charge on any atom is 0.338 e. The number of halogens is 1. The van der Waals surface area contributed by atoms with E-state index in [1.807, 2.05) is 26.0 Å². The molecule has 0 atom stereocenters. The van der Waals surface area contributed by atoms with E-state index in [1.54, 1.807) is 48.0 Å². The predicted molar refractivity (Wildman–Crippen MR) is 117 cm³/mol. The zero-order valence-corrected chi connectivity index (χ0v) is 17.6. The predicted octanol–water partition coefficient (Wildman–Crippen LogP) is 5.01. The first-order chi connectivity index (χ1) is 14.4. The van der Waals surface area contributed by atoms with Gasteiger partial charge in [0.1, 0.15) is 0 Å². The second-order valence-electron chi connectivity index (χ2n) is 6.79. The van der Waals surface area contributed by atoms with Crippen LogP contribution in [-0.2, 0) is 4.74 Å². The van der Waals surface area contributed by atoms with Crippen molar-refractivity contribution in [3.8, 4) is 5.82 Å². The van der Waals surface area contributed by atoms with Crippen LogP contribution in [0.5, 0.6) is 0 Å². The Morgan fingerprint density at radius 3 is 2.50 bits per heavy atom. The van der Waals surface area contributed by atoms with E-state index >= 15 is 0 Å². The van der Waals surface area contributed by atoms with Crippen molar-refractivity contribution in [2.24, 2.45) is 0 Å². The van der Waals surface area contributed by atoms with Gasteiger partial charge in [0.15, 0.2) is 11.6 Å². The van der Waals surface area contributed by atoms with Gasteiger partial charge in [-0.2, -0.15) is 5.10 Å². The lowest BCUT2D eigenvalue weighted by molar-refractivity contribution is 0.0526. The zero-order chi connectivity index (χ0) is 21.3. The number of esters is 1. The Bertz CT molecular complexity index is 1230. The van der Waals surface area contributed by atoms with E-state index in [-0.39, 0.29) is 5.97 Å². The molecule has 2 aromatic heterocycles. The molecule has 7 nitrogen and oxygen atoms in total. The van der Waals surface area contributed by atoms with Gasteiger partial charge in [0.05, 0.1) is 28.9 Å². The zero-order valence-electron chi connectivity index (χ0n) is 16.8. The van der Waals surface area contributed by atoms with Crippen molar-refractivity contribution in [1.82, 2.24) is 19.7 Å². The number of hydrogen-bond donors (Lipinski definition) is 1. The normalized spacial score (nSPS) is 10.9. The van der Waals surface area contributed by atoms with Gasteiger partial charge in [-0.05, 0) is 69.3 Å². The first-order valence-corrected chi connectivity index (χ1v) is 9.87. The number of rotatable bonds is 5. The van der Waals surface area contributed by atoms with Gasteiger partial charge in [0.25, 0.3) is 0 Å². The summed E-state index contributed by atoms with van der Waals surface area (Å²) < 4.78 is 6.78. The highest BCUT2D eigenvalue weighted by atomic mass is 35.5. The Morgan fingerprint density at radius 2 is 1.83 bits per heavy atom. The molecule has 0 radical (unpaired) electrons. The van der Waals surface area contributed by atoms with Gasteiger partial charge in [0.2, 0.25) is 0 Å². The van der Waals surface area contributed by atoms with Crippen LogP contribution in [-0.4, -0.2) is 32.3 Å². The number of hydrogen-bond acceptors (Lipinski definition) is 6. The van der Waals surface area contributed by atoms with Crippen molar-refractivity contribution < 1.29 is 9.53 Å². The number of anilines is 2. The summed E-state index contributed by atoms with van der Waals surface area (Å²) in [4.78, 5) is 21.4. The molecule has 0 aliphatic heterocycles. The van der Waals surface area contributed by atoms with Crippen LogP contribution in [0.4, 0.5) is 11.5 Å². The third kappa shape index (κ3) is 3.97. The Labute approximate surface area is 178 Å². The lowest BCUT2D eigenvalue weighted by atomic mass is 10.2. The van der Waals surface area contributed by atoms with Crippen LogP contribution in [0.1, 0.15) is 28.7 Å². The summed E-state index contributed by atoms with van der Waals surface area (Å²) >= 11 is 6.14. The summed E-state index contributed by atoms with van der Waals surface area (Å²) in [6, 6.07) is 14.4.